The molecule has 0 aliphatic carbocycles. The SMILES string of the molecule is COc1cc(Cl)ccc1C(N=C(COc1ccc(F)c(C)c1F)SC)=C(C)C. The highest BCUT2D eigenvalue weighted by Crippen LogP contribution is 2.32. The van der Waals surface area contributed by atoms with Gasteiger partial charge in [0.2, 0.25) is 0 Å². The van der Waals surface area contributed by atoms with Gasteiger partial charge in [0.1, 0.15) is 23.2 Å². The maximum Gasteiger partial charge on any atom is 0.170 e. The Kier molecular flexibility index (Phi) is 7.89. The Labute approximate surface area is 173 Å². The molecule has 0 atom stereocenters. The third-order valence-electron chi connectivity index (χ3n) is 4.00. The van der Waals surface area contributed by atoms with Crippen molar-refractivity contribution in [3.8, 4) is 11.5 Å². The maximum atomic E-state index is 14.2. The van der Waals surface area contributed by atoms with Crippen LogP contribution in [0.1, 0.15) is 25.0 Å². The molecule has 0 heterocycles. The lowest BCUT2D eigenvalue weighted by Gasteiger charge is -2.14. The van der Waals surface area contributed by atoms with Gasteiger partial charge in [0.05, 0.1) is 12.8 Å². The molecule has 0 spiro atoms. The summed E-state index contributed by atoms with van der Waals surface area (Å²) in [6, 6.07) is 7.79. The fourth-order valence-corrected chi connectivity index (χ4v) is 2.97. The Morgan fingerprint density at radius 1 is 1.14 bits per heavy atom. The molecule has 0 radical (unpaired) electrons. The van der Waals surface area contributed by atoms with Gasteiger partial charge in [0, 0.05) is 16.1 Å². The first-order chi connectivity index (χ1) is 13.3. The second kappa shape index (κ2) is 9.94. The summed E-state index contributed by atoms with van der Waals surface area (Å²) in [6.45, 7) is 5.30. The number of nitrogens with zero attached hydrogens (tertiary/aromatic N) is 1. The standard InChI is InChI=1S/C21H22ClF2NO2S/c1-12(2)21(15-7-6-14(22)10-18(15)26-4)25-19(28-5)11-27-17-9-8-16(23)13(3)20(17)24/h6-10H,11H2,1-5H3. The molecule has 3 nitrogen and oxygen atoms in total. The number of hydrogen-bond acceptors (Lipinski definition) is 4. The Hall–Kier alpha value is -2.05. The summed E-state index contributed by atoms with van der Waals surface area (Å²) in [4.78, 5) is 4.70. The predicted octanol–water partition coefficient (Wildman–Crippen LogP) is 6.53. The van der Waals surface area contributed by atoms with Crippen LogP contribution in [0.2, 0.25) is 5.02 Å². The van der Waals surface area contributed by atoms with Crippen LogP contribution in [0.25, 0.3) is 5.70 Å². The average molecular weight is 426 g/mol. The maximum absolute atomic E-state index is 14.2. The molecule has 0 saturated carbocycles. The predicted molar refractivity (Wildman–Crippen MR) is 114 cm³/mol. The first-order valence-electron chi connectivity index (χ1n) is 8.48. The van der Waals surface area contributed by atoms with Gasteiger partial charge in [-0.2, -0.15) is 0 Å². The molecule has 0 aliphatic heterocycles. The normalized spacial score (nSPS) is 11.4. The highest BCUT2D eigenvalue weighted by atomic mass is 35.5. The van der Waals surface area contributed by atoms with Gasteiger partial charge in [-0.15, -0.1) is 11.8 Å². The topological polar surface area (TPSA) is 30.8 Å². The van der Waals surface area contributed by atoms with Crippen LogP contribution in [0, 0.1) is 18.6 Å². The van der Waals surface area contributed by atoms with Gasteiger partial charge in [-0.25, -0.2) is 13.8 Å². The average Bonchev–Trinajstić information content (AvgIpc) is 2.67. The number of halogens is 3. The summed E-state index contributed by atoms with van der Waals surface area (Å²) < 4.78 is 38.6. The van der Waals surface area contributed by atoms with Crippen LogP contribution in [0.15, 0.2) is 40.9 Å². The summed E-state index contributed by atoms with van der Waals surface area (Å²) in [6.07, 6.45) is 1.86. The van der Waals surface area contributed by atoms with Crippen molar-refractivity contribution in [2.75, 3.05) is 20.0 Å². The van der Waals surface area contributed by atoms with Gasteiger partial charge in [-0.05, 0) is 62.9 Å². The summed E-state index contributed by atoms with van der Waals surface area (Å²) >= 11 is 7.44. The van der Waals surface area contributed by atoms with Gasteiger partial charge in [0.15, 0.2) is 11.6 Å². The van der Waals surface area contributed by atoms with Crippen molar-refractivity contribution >= 4 is 34.1 Å². The van der Waals surface area contributed by atoms with E-state index in [1.165, 1.54) is 30.8 Å². The summed E-state index contributed by atoms with van der Waals surface area (Å²) in [7, 11) is 1.57. The van der Waals surface area contributed by atoms with Crippen molar-refractivity contribution in [1.29, 1.82) is 0 Å². The largest absolute Gasteiger partial charge is 0.496 e. The van der Waals surface area contributed by atoms with E-state index in [1.807, 2.05) is 26.2 Å². The number of allylic oxidation sites excluding steroid dienone is 1. The second-order valence-corrected chi connectivity index (χ2v) is 7.49. The van der Waals surface area contributed by atoms with Crippen molar-refractivity contribution in [3.63, 3.8) is 0 Å². The summed E-state index contributed by atoms with van der Waals surface area (Å²) in [5.74, 6) is -0.718. The van der Waals surface area contributed by atoms with Crippen LogP contribution in [-0.4, -0.2) is 25.0 Å². The molecule has 2 rings (SSSR count). The molecule has 28 heavy (non-hydrogen) atoms. The Bertz CT molecular complexity index is 925. The Morgan fingerprint density at radius 2 is 1.86 bits per heavy atom. The fraction of sp³-hybridized carbons (Fsp3) is 0.286. The van der Waals surface area contributed by atoms with Crippen LogP contribution in [-0.2, 0) is 0 Å². The van der Waals surface area contributed by atoms with E-state index in [0.717, 1.165) is 16.8 Å². The minimum atomic E-state index is -0.706. The zero-order chi connectivity index (χ0) is 20.8. The molecule has 0 saturated heterocycles. The van der Waals surface area contributed by atoms with Crippen molar-refractivity contribution in [1.82, 2.24) is 0 Å². The van der Waals surface area contributed by atoms with Crippen LogP contribution in [0.4, 0.5) is 8.78 Å². The number of methoxy groups -OCH3 is 1. The number of thioether (sulfide) groups is 1. The quantitative estimate of drug-likeness (QED) is 0.389. The van der Waals surface area contributed by atoms with Crippen LogP contribution in [0.5, 0.6) is 11.5 Å². The molecule has 0 bridgehead atoms. The van der Waals surface area contributed by atoms with Crippen LogP contribution in [0.3, 0.4) is 0 Å². The van der Waals surface area contributed by atoms with E-state index in [1.54, 1.807) is 19.2 Å². The monoisotopic (exact) mass is 425 g/mol. The molecule has 0 amide bonds. The van der Waals surface area contributed by atoms with Gasteiger partial charge >= 0.3 is 0 Å². The molecule has 0 fully saturated rings. The van der Waals surface area contributed by atoms with Crippen LogP contribution >= 0.6 is 23.4 Å². The molecule has 2 aromatic carbocycles. The van der Waals surface area contributed by atoms with Gasteiger partial charge < -0.3 is 9.47 Å². The zero-order valence-electron chi connectivity index (χ0n) is 16.4. The van der Waals surface area contributed by atoms with Gasteiger partial charge in [-0.1, -0.05) is 11.6 Å². The third-order valence-corrected chi connectivity index (χ3v) is 4.92. The second-order valence-electron chi connectivity index (χ2n) is 6.18. The highest BCUT2D eigenvalue weighted by molar-refractivity contribution is 8.13. The first-order valence-corrected chi connectivity index (χ1v) is 10.1. The Balaban J connectivity index is 2.33. The summed E-state index contributed by atoms with van der Waals surface area (Å²) in [5, 5.41) is 1.20. The summed E-state index contributed by atoms with van der Waals surface area (Å²) in [5.41, 5.74) is 2.41. The molecule has 0 unspecified atom stereocenters. The molecule has 150 valence electrons. The fourth-order valence-electron chi connectivity index (χ4n) is 2.45. The number of ether oxygens (including phenoxy) is 2. The molecule has 2 aromatic rings. The van der Waals surface area contributed by atoms with Crippen molar-refractivity contribution < 1.29 is 18.3 Å². The minimum Gasteiger partial charge on any atom is -0.496 e. The van der Waals surface area contributed by atoms with Gasteiger partial charge in [-0.3, -0.25) is 0 Å². The van der Waals surface area contributed by atoms with Gasteiger partial charge in [0.25, 0.3) is 0 Å². The molecule has 7 heteroatoms. The first kappa shape index (κ1) is 22.2. The lowest BCUT2D eigenvalue weighted by atomic mass is 10.1. The molecular weight excluding hydrogens is 404 g/mol. The minimum absolute atomic E-state index is 0.0107. The molecular formula is C21H22ClF2NO2S. The molecule has 0 aromatic heterocycles. The van der Waals surface area contributed by atoms with E-state index in [2.05, 4.69) is 0 Å². The van der Waals surface area contributed by atoms with E-state index in [4.69, 9.17) is 26.1 Å². The van der Waals surface area contributed by atoms with E-state index in [-0.39, 0.29) is 17.9 Å². The zero-order valence-corrected chi connectivity index (χ0v) is 18.0. The number of hydrogen-bond donors (Lipinski definition) is 0. The van der Waals surface area contributed by atoms with E-state index >= 15 is 0 Å². The highest BCUT2D eigenvalue weighted by Gasteiger charge is 2.14. The van der Waals surface area contributed by atoms with E-state index in [0.29, 0.717) is 15.8 Å². The van der Waals surface area contributed by atoms with E-state index in [9.17, 15) is 8.78 Å². The lowest BCUT2D eigenvalue weighted by molar-refractivity contribution is 0.352. The van der Waals surface area contributed by atoms with E-state index < -0.39 is 11.6 Å². The third kappa shape index (κ3) is 5.26. The van der Waals surface area contributed by atoms with Crippen LogP contribution < -0.4 is 9.47 Å². The van der Waals surface area contributed by atoms with Crippen molar-refractivity contribution in [2.45, 2.75) is 20.8 Å². The molecule has 0 aliphatic rings. The Morgan fingerprint density at radius 3 is 2.46 bits per heavy atom. The number of aliphatic imine (C=N–C) groups is 1. The number of rotatable bonds is 6. The number of benzene rings is 2. The van der Waals surface area contributed by atoms with Crippen molar-refractivity contribution in [2.24, 2.45) is 4.99 Å². The van der Waals surface area contributed by atoms with Crippen molar-refractivity contribution in [3.05, 3.63) is 63.7 Å². The molecule has 0 N–H and O–H groups in total. The lowest BCUT2D eigenvalue weighted by Crippen LogP contribution is -2.10. The smallest absolute Gasteiger partial charge is 0.170 e.